The summed E-state index contributed by atoms with van der Waals surface area (Å²) in [6, 6.07) is 6.92. The first-order chi connectivity index (χ1) is 7.83. The zero-order chi connectivity index (χ0) is 11.0. The minimum Gasteiger partial charge on any atom is -0.385 e. The third-order valence-corrected chi connectivity index (χ3v) is 3.82. The Bertz CT molecular complexity index is 386. The molecule has 2 heteroatoms. The number of hydrogen-bond donors (Lipinski definition) is 1. The lowest BCUT2D eigenvalue weighted by molar-refractivity contribution is 0.659. The van der Waals surface area contributed by atoms with Gasteiger partial charge in [0.15, 0.2) is 0 Å². The molecule has 2 heterocycles. The Balaban J connectivity index is 1.85. The number of nitrogens with one attached hydrogen (secondary N) is 1. The van der Waals surface area contributed by atoms with E-state index in [9.17, 15) is 0 Å². The van der Waals surface area contributed by atoms with Gasteiger partial charge in [-0.3, -0.25) is 0 Å². The normalized spacial score (nSPS) is 24.1. The van der Waals surface area contributed by atoms with Crippen LogP contribution >= 0.6 is 0 Å². The van der Waals surface area contributed by atoms with Crippen molar-refractivity contribution >= 4 is 11.4 Å². The average Bonchev–Trinajstić information content (AvgIpc) is 2.75. The molecular formula is C14H20N2. The van der Waals surface area contributed by atoms with Gasteiger partial charge in [0.05, 0.1) is 0 Å². The molecule has 1 saturated heterocycles. The number of benzene rings is 1. The first-order valence-corrected chi connectivity index (χ1v) is 6.45. The molecule has 1 atom stereocenters. The molecule has 0 spiro atoms. The van der Waals surface area contributed by atoms with Gasteiger partial charge < -0.3 is 10.2 Å². The zero-order valence-electron chi connectivity index (χ0n) is 10.00. The lowest BCUT2D eigenvalue weighted by Crippen LogP contribution is -2.20. The molecule has 1 aromatic carbocycles. The van der Waals surface area contributed by atoms with Crippen molar-refractivity contribution in [2.24, 2.45) is 5.92 Å². The first kappa shape index (κ1) is 10.0. The van der Waals surface area contributed by atoms with Crippen LogP contribution < -0.4 is 10.2 Å². The minimum atomic E-state index is 0.856. The van der Waals surface area contributed by atoms with Crippen LogP contribution in [0.1, 0.15) is 25.3 Å². The van der Waals surface area contributed by atoms with Gasteiger partial charge in [-0.05, 0) is 48.9 Å². The highest BCUT2D eigenvalue weighted by Crippen LogP contribution is 2.29. The van der Waals surface area contributed by atoms with Crippen LogP contribution in [0.2, 0.25) is 0 Å². The largest absolute Gasteiger partial charge is 0.385 e. The number of aryl methyl sites for hydroxylation is 1. The molecule has 16 heavy (non-hydrogen) atoms. The zero-order valence-corrected chi connectivity index (χ0v) is 10.00. The minimum absolute atomic E-state index is 0.856. The second-order valence-electron chi connectivity index (χ2n) is 5.21. The van der Waals surface area contributed by atoms with Crippen molar-refractivity contribution in [2.75, 3.05) is 29.9 Å². The van der Waals surface area contributed by atoms with Crippen LogP contribution in [0.4, 0.5) is 11.4 Å². The van der Waals surface area contributed by atoms with Crippen molar-refractivity contribution in [3.05, 3.63) is 23.8 Å². The average molecular weight is 216 g/mol. The maximum atomic E-state index is 3.47. The summed E-state index contributed by atoms with van der Waals surface area (Å²) in [6.45, 7) is 5.94. The van der Waals surface area contributed by atoms with Crippen LogP contribution in [0, 0.1) is 5.92 Å². The van der Waals surface area contributed by atoms with Crippen molar-refractivity contribution in [3.63, 3.8) is 0 Å². The summed E-state index contributed by atoms with van der Waals surface area (Å²) < 4.78 is 0. The maximum absolute atomic E-state index is 3.47. The van der Waals surface area contributed by atoms with Crippen molar-refractivity contribution in [2.45, 2.75) is 26.2 Å². The summed E-state index contributed by atoms with van der Waals surface area (Å²) in [5, 5.41) is 3.47. The van der Waals surface area contributed by atoms with Gasteiger partial charge in [0, 0.05) is 31.0 Å². The maximum Gasteiger partial charge on any atom is 0.0374 e. The van der Waals surface area contributed by atoms with Crippen molar-refractivity contribution in [1.29, 1.82) is 0 Å². The van der Waals surface area contributed by atoms with Crippen LogP contribution in [-0.4, -0.2) is 19.6 Å². The van der Waals surface area contributed by atoms with Crippen molar-refractivity contribution in [3.8, 4) is 0 Å². The van der Waals surface area contributed by atoms with Crippen LogP contribution in [0.25, 0.3) is 0 Å². The third-order valence-electron chi connectivity index (χ3n) is 3.82. The van der Waals surface area contributed by atoms with E-state index < -0.39 is 0 Å². The van der Waals surface area contributed by atoms with Gasteiger partial charge >= 0.3 is 0 Å². The molecule has 1 aromatic rings. The molecule has 0 aromatic heterocycles. The topological polar surface area (TPSA) is 15.3 Å². The molecule has 0 aliphatic carbocycles. The van der Waals surface area contributed by atoms with E-state index in [1.54, 1.807) is 0 Å². The van der Waals surface area contributed by atoms with E-state index in [0.29, 0.717) is 0 Å². The predicted octanol–water partition coefficient (Wildman–Crippen LogP) is 2.89. The molecule has 0 radical (unpaired) electrons. The smallest absolute Gasteiger partial charge is 0.0374 e. The second-order valence-corrected chi connectivity index (χ2v) is 5.21. The van der Waals surface area contributed by atoms with Gasteiger partial charge in [-0.15, -0.1) is 0 Å². The van der Waals surface area contributed by atoms with Crippen LogP contribution in [-0.2, 0) is 6.42 Å². The molecule has 86 valence electrons. The highest BCUT2D eigenvalue weighted by atomic mass is 15.1. The summed E-state index contributed by atoms with van der Waals surface area (Å²) in [7, 11) is 0. The number of anilines is 2. The van der Waals surface area contributed by atoms with E-state index in [-0.39, 0.29) is 0 Å². The third kappa shape index (κ3) is 1.77. The fourth-order valence-corrected chi connectivity index (χ4v) is 2.83. The van der Waals surface area contributed by atoms with Gasteiger partial charge in [-0.1, -0.05) is 6.92 Å². The quantitative estimate of drug-likeness (QED) is 0.776. The van der Waals surface area contributed by atoms with Gasteiger partial charge in [0.1, 0.15) is 0 Å². The standard InChI is InChI=1S/C14H20N2/c1-11-6-8-16(10-11)13-4-5-14-12(9-13)3-2-7-15-14/h4-5,9,11,15H,2-3,6-8,10H2,1H3. The van der Waals surface area contributed by atoms with Crippen LogP contribution in [0.15, 0.2) is 18.2 Å². The number of rotatable bonds is 1. The second kappa shape index (κ2) is 4.00. The van der Waals surface area contributed by atoms with Crippen molar-refractivity contribution < 1.29 is 0 Å². The molecule has 2 nitrogen and oxygen atoms in total. The Morgan fingerprint density at radius 3 is 3.12 bits per heavy atom. The fraction of sp³-hybridized carbons (Fsp3) is 0.571. The molecule has 2 aliphatic rings. The molecule has 0 saturated carbocycles. The van der Waals surface area contributed by atoms with Crippen LogP contribution in [0.5, 0.6) is 0 Å². The van der Waals surface area contributed by atoms with Crippen molar-refractivity contribution in [1.82, 2.24) is 0 Å². The monoisotopic (exact) mass is 216 g/mol. The molecule has 1 unspecified atom stereocenters. The highest BCUT2D eigenvalue weighted by Gasteiger charge is 2.19. The summed E-state index contributed by atoms with van der Waals surface area (Å²) in [5.74, 6) is 0.856. The number of hydrogen-bond acceptors (Lipinski definition) is 2. The van der Waals surface area contributed by atoms with E-state index in [1.807, 2.05) is 0 Å². The first-order valence-electron chi connectivity index (χ1n) is 6.45. The molecule has 3 rings (SSSR count). The SMILES string of the molecule is CC1CCN(c2ccc3c(c2)CCCN3)C1. The van der Waals surface area contributed by atoms with Gasteiger partial charge in [0.25, 0.3) is 0 Å². The molecule has 1 fully saturated rings. The van der Waals surface area contributed by atoms with E-state index in [2.05, 4.69) is 35.3 Å². The molecule has 0 bridgehead atoms. The summed E-state index contributed by atoms with van der Waals surface area (Å²) in [5.41, 5.74) is 4.28. The molecule has 2 aliphatic heterocycles. The summed E-state index contributed by atoms with van der Waals surface area (Å²) >= 11 is 0. The Hall–Kier alpha value is -1.18. The van der Waals surface area contributed by atoms with E-state index in [0.717, 1.165) is 12.5 Å². The van der Waals surface area contributed by atoms with Crippen LogP contribution in [0.3, 0.4) is 0 Å². The fourth-order valence-electron chi connectivity index (χ4n) is 2.83. The molecule has 0 amide bonds. The van der Waals surface area contributed by atoms with Gasteiger partial charge in [-0.25, -0.2) is 0 Å². The number of fused-ring (bicyclic) bond motifs is 1. The molecular weight excluding hydrogens is 196 g/mol. The lowest BCUT2D eigenvalue weighted by atomic mass is 10.0. The predicted molar refractivity (Wildman–Crippen MR) is 69.2 cm³/mol. The Kier molecular flexibility index (Phi) is 2.50. The lowest BCUT2D eigenvalue weighted by Gasteiger charge is -2.23. The van der Waals surface area contributed by atoms with E-state index >= 15 is 0 Å². The highest BCUT2D eigenvalue weighted by molar-refractivity contribution is 5.62. The number of nitrogens with zero attached hydrogens (tertiary/aromatic N) is 1. The van der Waals surface area contributed by atoms with E-state index in [1.165, 1.54) is 49.3 Å². The Morgan fingerprint density at radius 2 is 2.31 bits per heavy atom. The summed E-state index contributed by atoms with van der Waals surface area (Å²) in [4.78, 5) is 2.53. The summed E-state index contributed by atoms with van der Waals surface area (Å²) in [6.07, 6.45) is 3.85. The Morgan fingerprint density at radius 1 is 1.38 bits per heavy atom. The molecule has 1 N–H and O–H groups in total. The van der Waals surface area contributed by atoms with E-state index in [4.69, 9.17) is 0 Å². The van der Waals surface area contributed by atoms with Gasteiger partial charge in [0.2, 0.25) is 0 Å². The Labute approximate surface area is 97.6 Å². The van der Waals surface area contributed by atoms with Gasteiger partial charge in [-0.2, -0.15) is 0 Å².